The molecule has 1 aliphatic carbocycles. The van der Waals surface area contributed by atoms with Crippen LogP contribution in [-0.2, 0) is 16.1 Å². The van der Waals surface area contributed by atoms with Crippen LogP contribution in [0.15, 0.2) is 55.1 Å². The molecule has 2 heterocycles. The van der Waals surface area contributed by atoms with Crippen molar-refractivity contribution in [2.45, 2.75) is 32.2 Å². The van der Waals surface area contributed by atoms with Crippen molar-refractivity contribution >= 4 is 17.9 Å². The SMILES string of the molecule is O=C(/C=C/c1cccnc1)NCC1CCC(C(=O)NCc2cccnc2)CC1. The van der Waals surface area contributed by atoms with E-state index in [9.17, 15) is 9.59 Å². The van der Waals surface area contributed by atoms with Crippen LogP contribution >= 0.6 is 0 Å². The molecule has 0 radical (unpaired) electrons. The largest absolute Gasteiger partial charge is 0.352 e. The van der Waals surface area contributed by atoms with Gasteiger partial charge in [0.1, 0.15) is 0 Å². The molecule has 28 heavy (non-hydrogen) atoms. The van der Waals surface area contributed by atoms with E-state index in [1.807, 2.05) is 24.3 Å². The van der Waals surface area contributed by atoms with E-state index < -0.39 is 0 Å². The normalized spacial score (nSPS) is 19.3. The maximum atomic E-state index is 12.3. The van der Waals surface area contributed by atoms with Gasteiger partial charge < -0.3 is 10.6 Å². The van der Waals surface area contributed by atoms with E-state index in [0.29, 0.717) is 19.0 Å². The van der Waals surface area contributed by atoms with E-state index in [4.69, 9.17) is 0 Å². The Hall–Kier alpha value is -3.02. The summed E-state index contributed by atoms with van der Waals surface area (Å²) < 4.78 is 0. The molecule has 2 N–H and O–H groups in total. The highest BCUT2D eigenvalue weighted by Crippen LogP contribution is 2.28. The molecule has 0 spiro atoms. The van der Waals surface area contributed by atoms with E-state index in [1.165, 1.54) is 6.08 Å². The molecule has 0 atom stereocenters. The van der Waals surface area contributed by atoms with Crippen LogP contribution in [0, 0.1) is 11.8 Å². The second-order valence-corrected chi connectivity index (χ2v) is 7.16. The lowest BCUT2D eigenvalue weighted by Gasteiger charge is -2.27. The van der Waals surface area contributed by atoms with Crippen molar-refractivity contribution in [3.8, 4) is 0 Å². The average Bonchev–Trinajstić information content (AvgIpc) is 2.76. The fourth-order valence-electron chi connectivity index (χ4n) is 3.42. The molecule has 0 saturated heterocycles. The first kappa shape index (κ1) is 19.7. The summed E-state index contributed by atoms with van der Waals surface area (Å²) in [6, 6.07) is 7.56. The van der Waals surface area contributed by atoms with Crippen molar-refractivity contribution in [2.75, 3.05) is 6.54 Å². The van der Waals surface area contributed by atoms with E-state index in [1.54, 1.807) is 30.9 Å². The minimum Gasteiger partial charge on any atom is -0.352 e. The van der Waals surface area contributed by atoms with Gasteiger partial charge in [0.15, 0.2) is 0 Å². The van der Waals surface area contributed by atoms with Crippen LogP contribution in [0.25, 0.3) is 6.08 Å². The summed E-state index contributed by atoms with van der Waals surface area (Å²) in [5.41, 5.74) is 1.90. The molecule has 2 amide bonds. The summed E-state index contributed by atoms with van der Waals surface area (Å²) in [7, 11) is 0. The summed E-state index contributed by atoms with van der Waals surface area (Å²) in [4.78, 5) is 32.4. The Labute approximate surface area is 165 Å². The molecule has 6 heteroatoms. The van der Waals surface area contributed by atoms with E-state index >= 15 is 0 Å². The van der Waals surface area contributed by atoms with Crippen molar-refractivity contribution in [3.63, 3.8) is 0 Å². The third-order valence-electron chi connectivity index (χ3n) is 5.08. The number of aromatic nitrogens is 2. The summed E-state index contributed by atoms with van der Waals surface area (Å²) in [5.74, 6) is 0.512. The number of nitrogens with one attached hydrogen (secondary N) is 2. The second kappa shape index (κ2) is 10.3. The van der Waals surface area contributed by atoms with Gasteiger partial charge in [-0.2, -0.15) is 0 Å². The third-order valence-corrected chi connectivity index (χ3v) is 5.08. The van der Waals surface area contributed by atoms with Crippen molar-refractivity contribution in [1.82, 2.24) is 20.6 Å². The standard InChI is InChI=1S/C22H26N4O2/c27-21(10-7-17-3-1-11-23-13-17)25-15-18-5-8-20(9-6-18)22(28)26-16-19-4-2-12-24-14-19/h1-4,7,10-14,18,20H,5-6,8-9,15-16H2,(H,25,27)(H,26,28)/b10-7+. The highest BCUT2D eigenvalue weighted by Gasteiger charge is 2.26. The molecule has 0 unspecified atom stereocenters. The van der Waals surface area contributed by atoms with Crippen molar-refractivity contribution in [2.24, 2.45) is 11.8 Å². The van der Waals surface area contributed by atoms with Gasteiger partial charge in [-0.25, -0.2) is 0 Å². The summed E-state index contributed by atoms with van der Waals surface area (Å²) in [5, 5.41) is 5.96. The smallest absolute Gasteiger partial charge is 0.244 e. The Balaban J connectivity index is 1.34. The number of carbonyl (C=O) groups is 2. The predicted octanol–water partition coefficient (Wildman–Crippen LogP) is 2.73. The number of nitrogens with zero attached hydrogens (tertiary/aromatic N) is 2. The molecule has 1 saturated carbocycles. The number of hydrogen-bond acceptors (Lipinski definition) is 4. The van der Waals surface area contributed by atoms with Gasteiger partial charge in [-0.15, -0.1) is 0 Å². The highest BCUT2D eigenvalue weighted by atomic mass is 16.2. The predicted molar refractivity (Wildman–Crippen MR) is 108 cm³/mol. The Morgan fingerprint density at radius 2 is 1.75 bits per heavy atom. The monoisotopic (exact) mass is 378 g/mol. The molecule has 1 aliphatic rings. The van der Waals surface area contributed by atoms with Crippen LogP contribution in [0.4, 0.5) is 0 Å². The molecular weight excluding hydrogens is 352 g/mol. The second-order valence-electron chi connectivity index (χ2n) is 7.16. The Kier molecular flexibility index (Phi) is 7.29. The molecule has 2 aromatic rings. The molecule has 3 rings (SSSR count). The Morgan fingerprint density at radius 1 is 1.00 bits per heavy atom. The van der Waals surface area contributed by atoms with Gasteiger partial charge in [0, 0.05) is 49.9 Å². The molecule has 2 aromatic heterocycles. The maximum Gasteiger partial charge on any atom is 0.244 e. The maximum absolute atomic E-state index is 12.3. The first-order valence-electron chi connectivity index (χ1n) is 9.73. The zero-order valence-corrected chi connectivity index (χ0v) is 15.9. The van der Waals surface area contributed by atoms with Crippen LogP contribution in [-0.4, -0.2) is 28.3 Å². The topological polar surface area (TPSA) is 84.0 Å². The number of hydrogen-bond donors (Lipinski definition) is 2. The number of rotatable bonds is 7. The third kappa shape index (κ3) is 6.30. The molecule has 0 aromatic carbocycles. The molecule has 0 bridgehead atoms. The molecule has 6 nitrogen and oxygen atoms in total. The van der Waals surface area contributed by atoms with Gasteiger partial charge in [0.05, 0.1) is 0 Å². The van der Waals surface area contributed by atoms with E-state index in [0.717, 1.165) is 36.8 Å². The first-order chi connectivity index (χ1) is 13.7. The highest BCUT2D eigenvalue weighted by molar-refractivity contribution is 5.91. The number of pyridine rings is 2. The quantitative estimate of drug-likeness (QED) is 0.726. The fourth-order valence-corrected chi connectivity index (χ4v) is 3.42. The van der Waals surface area contributed by atoms with Gasteiger partial charge in [-0.05, 0) is 60.9 Å². The van der Waals surface area contributed by atoms with Crippen molar-refractivity contribution in [3.05, 3.63) is 66.3 Å². The van der Waals surface area contributed by atoms with Gasteiger partial charge in [0.2, 0.25) is 11.8 Å². The van der Waals surface area contributed by atoms with Crippen LogP contribution in [0.2, 0.25) is 0 Å². The minimum atomic E-state index is -0.0970. The Morgan fingerprint density at radius 3 is 2.43 bits per heavy atom. The van der Waals surface area contributed by atoms with Crippen molar-refractivity contribution in [1.29, 1.82) is 0 Å². The van der Waals surface area contributed by atoms with Gasteiger partial charge in [-0.1, -0.05) is 12.1 Å². The number of amides is 2. The summed E-state index contributed by atoms with van der Waals surface area (Å²) in [6.07, 6.45) is 13.8. The molecular formula is C22H26N4O2. The lowest BCUT2D eigenvalue weighted by atomic mass is 9.81. The van der Waals surface area contributed by atoms with Crippen LogP contribution in [0.1, 0.15) is 36.8 Å². The zero-order chi connectivity index (χ0) is 19.6. The van der Waals surface area contributed by atoms with E-state index in [-0.39, 0.29) is 17.7 Å². The summed E-state index contributed by atoms with van der Waals surface area (Å²) >= 11 is 0. The van der Waals surface area contributed by atoms with E-state index in [2.05, 4.69) is 20.6 Å². The first-order valence-corrected chi connectivity index (χ1v) is 9.73. The average molecular weight is 378 g/mol. The zero-order valence-electron chi connectivity index (χ0n) is 15.9. The van der Waals surface area contributed by atoms with Gasteiger partial charge in [-0.3, -0.25) is 19.6 Å². The van der Waals surface area contributed by atoms with Crippen LogP contribution in [0.5, 0.6) is 0 Å². The Bertz CT molecular complexity index is 785. The fraction of sp³-hybridized carbons (Fsp3) is 0.364. The van der Waals surface area contributed by atoms with Gasteiger partial charge in [0.25, 0.3) is 0 Å². The summed E-state index contributed by atoms with van der Waals surface area (Å²) in [6.45, 7) is 1.17. The minimum absolute atomic E-state index is 0.0640. The van der Waals surface area contributed by atoms with Gasteiger partial charge >= 0.3 is 0 Å². The molecule has 0 aliphatic heterocycles. The van der Waals surface area contributed by atoms with Crippen molar-refractivity contribution < 1.29 is 9.59 Å². The number of carbonyl (C=O) groups excluding carboxylic acids is 2. The van der Waals surface area contributed by atoms with Crippen LogP contribution in [0.3, 0.4) is 0 Å². The molecule has 146 valence electrons. The lowest BCUT2D eigenvalue weighted by molar-refractivity contribution is -0.126. The van der Waals surface area contributed by atoms with Crippen LogP contribution < -0.4 is 10.6 Å². The molecule has 1 fully saturated rings. The lowest BCUT2D eigenvalue weighted by Crippen LogP contribution is -2.35.